The summed E-state index contributed by atoms with van der Waals surface area (Å²) in [4.78, 5) is 26.0. The molecule has 5 nitrogen and oxygen atoms in total. The van der Waals surface area contributed by atoms with Gasteiger partial charge in [0.05, 0.1) is 0 Å². The fourth-order valence-electron chi connectivity index (χ4n) is 2.40. The molecule has 0 radical (unpaired) electrons. The monoisotopic (exact) mass is 337 g/mol. The van der Waals surface area contributed by atoms with Crippen molar-refractivity contribution < 1.29 is 9.59 Å². The Morgan fingerprint density at radius 3 is 2.43 bits per heavy atom. The van der Waals surface area contributed by atoms with E-state index >= 15 is 0 Å². The summed E-state index contributed by atoms with van der Waals surface area (Å²) in [5.74, 6) is 0.0549. The highest BCUT2D eigenvalue weighted by Crippen LogP contribution is 2.18. The van der Waals surface area contributed by atoms with Gasteiger partial charge in [0.25, 0.3) is 0 Å². The zero-order chi connectivity index (χ0) is 17.0. The van der Waals surface area contributed by atoms with Crippen molar-refractivity contribution >= 4 is 29.2 Å². The zero-order valence-corrected chi connectivity index (χ0v) is 14.6. The Hall–Kier alpha value is -1.75. The van der Waals surface area contributed by atoms with E-state index in [0.29, 0.717) is 23.8 Å². The molecule has 3 amide bonds. The molecule has 1 aliphatic rings. The SMILES string of the molecule is CC(C)(C)C(=O)NC1CCN(C(=O)Nc2cccc(Cl)c2)CC1. The van der Waals surface area contributed by atoms with Crippen LogP contribution in [0.3, 0.4) is 0 Å². The number of hydrogen-bond acceptors (Lipinski definition) is 2. The van der Waals surface area contributed by atoms with Gasteiger partial charge < -0.3 is 15.5 Å². The predicted molar refractivity (Wildman–Crippen MR) is 92.7 cm³/mol. The minimum Gasteiger partial charge on any atom is -0.353 e. The van der Waals surface area contributed by atoms with Crippen molar-refractivity contribution in [2.24, 2.45) is 5.41 Å². The molecule has 1 aromatic carbocycles. The first-order chi connectivity index (χ1) is 10.8. The second kappa shape index (κ2) is 7.21. The number of nitrogens with zero attached hydrogens (tertiary/aromatic N) is 1. The minimum absolute atomic E-state index is 0.0549. The Morgan fingerprint density at radius 1 is 1.22 bits per heavy atom. The van der Waals surface area contributed by atoms with Crippen molar-refractivity contribution in [1.29, 1.82) is 0 Å². The maximum atomic E-state index is 12.3. The number of piperidine rings is 1. The first-order valence-corrected chi connectivity index (χ1v) is 8.26. The number of carbonyl (C=O) groups excluding carboxylic acids is 2. The molecule has 1 saturated heterocycles. The average molecular weight is 338 g/mol. The van der Waals surface area contributed by atoms with E-state index in [4.69, 9.17) is 11.6 Å². The van der Waals surface area contributed by atoms with Crippen molar-refractivity contribution in [3.05, 3.63) is 29.3 Å². The first kappa shape index (κ1) is 17.6. The van der Waals surface area contributed by atoms with E-state index in [1.54, 1.807) is 29.2 Å². The number of hydrogen-bond donors (Lipinski definition) is 2. The third-order valence-corrected chi connectivity index (χ3v) is 4.11. The summed E-state index contributed by atoms with van der Waals surface area (Å²) < 4.78 is 0. The molecule has 0 unspecified atom stereocenters. The van der Waals surface area contributed by atoms with E-state index < -0.39 is 0 Å². The maximum Gasteiger partial charge on any atom is 0.321 e. The molecule has 0 atom stereocenters. The van der Waals surface area contributed by atoms with Crippen LogP contribution in [0.4, 0.5) is 10.5 Å². The lowest BCUT2D eigenvalue weighted by molar-refractivity contribution is -0.129. The normalized spacial score (nSPS) is 16.1. The van der Waals surface area contributed by atoms with Gasteiger partial charge in [-0.3, -0.25) is 4.79 Å². The van der Waals surface area contributed by atoms with Crippen LogP contribution in [0.5, 0.6) is 0 Å². The smallest absolute Gasteiger partial charge is 0.321 e. The summed E-state index contributed by atoms with van der Waals surface area (Å²) in [6, 6.07) is 7.09. The molecule has 1 heterocycles. The number of halogens is 1. The quantitative estimate of drug-likeness (QED) is 0.867. The Morgan fingerprint density at radius 2 is 1.87 bits per heavy atom. The number of amides is 3. The Labute approximate surface area is 142 Å². The van der Waals surface area contributed by atoms with Crippen LogP contribution >= 0.6 is 11.6 Å². The second-order valence-corrected chi connectivity index (χ2v) is 7.36. The number of rotatable bonds is 2. The molecule has 126 valence electrons. The van der Waals surface area contributed by atoms with Crippen molar-refractivity contribution in [2.75, 3.05) is 18.4 Å². The number of carbonyl (C=O) groups is 2. The fourth-order valence-corrected chi connectivity index (χ4v) is 2.59. The van der Waals surface area contributed by atoms with Gasteiger partial charge in [0.2, 0.25) is 5.91 Å². The Balaban J connectivity index is 1.82. The van der Waals surface area contributed by atoms with Gasteiger partial charge in [0, 0.05) is 35.3 Å². The van der Waals surface area contributed by atoms with Gasteiger partial charge >= 0.3 is 6.03 Å². The Kier molecular flexibility index (Phi) is 5.52. The van der Waals surface area contributed by atoms with Crippen LogP contribution in [0.2, 0.25) is 5.02 Å². The Bertz CT molecular complexity index is 575. The van der Waals surface area contributed by atoms with Crippen molar-refractivity contribution in [3.8, 4) is 0 Å². The number of anilines is 1. The zero-order valence-electron chi connectivity index (χ0n) is 13.9. The lowest BCUT2D eigenvalue weighted by Gasteiger charge is -2.33. The highest BCUT2D eigenvalue weighted by atomic mass is 35.5. The van der Waals surface area contributed by atoms with Crippen molar-refractivity contribution in [1.82, 2.24) is 10.2 Å². The molecule has 0 saturated carbocycles. The minimum atomic E-state index is -0.388. The third-order valence-electron chi connectivity index (χ3n) is 3.87. The molecular weight excluding hydrogens is 314 g/mol. The highest BCUT2D eigenvalue weighted by Gasteiger charge is 2.27. The summed E-state index contributed by atoms with van der Waals surface area (Å²) >= 11 is 5.91. The van der Waals surface area contributed by atoms with Crippen LogP contribution in [0.1, 0.15) is 33.6 Å². The van der Waals surface area contributed by atoms with Gasteiger partial charge in [0.15, 0.2) is 0 Å². The molecule has 2 N–H and O–H groups in total. The van der Waals surface area contributed by atoms with Crippen LogP contribution in [0.25, 0.3) is 0 Å². The lowest BCUT2D eigenvalue weighted by atomic mass is 9.94. The van der Waals surface area contributed by atoms with Gasteiger partial charge in [0.1, 0.15) is 0 Å². The maximum absolute atomic E-state index is 12.3. The molecule has 23 heavy (non-hydrogen) atoms. The summed E-state index contributed by atoms with van der Waals surface area (Å²) in [5.41, 5.74) is 0.298. The molecule has 1 aliphatic heterocycles. The van der Waals surface area contributed by atoms with Crippen LogP contribution in [-0.2, 0) is 4.79 Å². The predicted octanol–water partition coefficient (Wildman–Crippen LogP) is 3.50. The summed E-state index contributed by atoms with van der Waals surface area (Å²) in [7, 11) is 0. The van der Waals surface area contributed by atoms with Crippen LogP contribution in [-0.4, -0.2) is 36.0 Å². The second-order valence-electron chi connectivity index (χ2n) is 6.93. The van der Waals surface area contributed by atoms with E-state index in [2.05, 4.69) is 10.6 Å². The summed E-state index contributed by atoms with van der Waals surface area (Å²) in [6.07, 6.45) is 1.54. The van der Waals surface area contributed by atoms with Gasteiger partial charge in [-0.25, -0.2) is 4.79 Å². The lowest BCUT2D eigenvalue weighted by Crippen LogP contribution is -2.49. The molecule has 1 aromatic rings. The fraction of sp³-hybridized carbons (Fsp3) is 0.529. The van der Waals surface area contributed by atoms with Gasteiger partial charge in [-0.05, 0) is 31.0 Å². The summed E-state index contributed by atoms with van der Waals surface area (Å²) in [5, 5.41) is 6.50. The number of benzene rings is 1. The standard InChI is InChI=1S/C17H24ClN3O2/c1-17(2,3)15(22)19-13-7-9-21(10-8-13)16(23)20-14-6-4-5-12(18)11-14/h4-6,11,13H,7-10H2,1-3H3,(H,19,22)(H,20,23). The van der Waals surface area contributed by atoms with E-state index in [1.165, 1.54) is 0 Å². The van der Waals surface area contributed by atoms with Crippen LogP contribution < -0.4 is 10.6 Å². The van der Waals surface area contributed by atoms with E-state index in [-0.39, 0.29) is 23.4 Å². The van der Waals surface area contributed by atoms with E-state index in [9.17, 15) is 9.59 Å². The average Bonchev–Trinajstić information content (AvgIpc) is 2.47. The molecule has 0 aromatic heterocycles. The summed E-state index contributed by atoms with van der Waals surface area (Å²) in [6.45, 7) is 6.95. The van der Waals surface area contributed by atoms with Crippen LogP contribution in [0.15, 0.2) is 24.3 Å². The molecule has 0 bridgehead atoms. The molecule has 1 fully saturated rings. The molecule has 0 aliphatic carbocycles. The number of nitrogens with one attached hydrogen (secondary N) is 2. The topological polar surface area (TPSA) is 61.4 Å². The van der Waals surface area contributed by atoms with Gasteiger partial charge in [-0.1, -0.05) is 38.4 Å². The first-order valence-electron chi connectivity index (χ1n) is 7.88. The number of urea groups is 1. The van der Waals surface area contributed by atoms with Crippen LogP contribution in [0, 0.1) is 5.41 Å². The molecule has 2 rings (SSSR count). The highest BCUT2D eigenvalue weighted by molar-refractivity contribution is 6.30. The van der Waals surface area contributed by atoms with Crippen molar-refractivity contribution in [2.45, 2.75) is 39.7 Å². The van der Waals surface area contributed by atoms with E-state index in [1.807, 2.05) is 20.8 Å². The molecule has 0 spiro atoms. The largest absolute Gasteiger partial charge is 0.353 e. The van der Waals surface area contributed by atoms with Gasteiger partial charge in [-0.2, -0.15) is 0 Å². The number of likely N-dealkylation sites (tertiary alicyclic amines) is 1. The van der Waals surface area contributed by atoms with Gasteiger partial charge in [-0.15, -0.1) is 0 Å². The molecular formula is C17H24ClN3O2. The molecule has 6 heteroatoms. The van der Waals surface area contributed by atoms with E-state index in [0.717, 1.165) is 12.8 Å². The van der Waals surface area contributed by atoms with Crippen molar-refractivity contribution in [3.63, 3.8) is 0 Å². The third kappa shape index (κ3) is 5.13.